The second-order valence-electron chi connectivity index (χ2n) is 8.66. The molecule has 3 rings (SSSR count). The minimum Gasteiger partial charge on any atom is -0.339 e. The Kier molecular flexibility index (Phi) is 7.18. The van der Waals surface area contributed by atoms with Gasteiger partial charge in [0, 0.05) is 24.8 Å². The third-order valence-corrected chi connectivity index (χ3v) is 6.39. The van der Waals surface area contributed by atoms with E-state index in [1.807, 2.05) is 4.90 Å². The van der Waals surface area contributed by atoms with Crippen LogP contribution in [0.5, 0.6) is 0 Å². The highest BCUT2D eigenvalue weighted by molar-refractivity contribution is 5.96. The molecule has 2 aliphatic rings. The van der Waals surface area contributed by atoms with Crippen LogP contribution in [0, 0.1) is 5.92 Å². The number of halogens is 3. The van der Waals surface area contributed by atoms with Crippen molar-refractivity contribution in [1.82, 2.24) is 25.1 Å². The fourth-order valence-electron chi connectivity index (χ4n) is 4.80. The van der Waals surface area contributed by atoms with Gasteiger partial charge in [-0.25, -0.2) is 9.97 Å². The lowest BCUT2D eigenvalue weighted by molar-refractivity contribution is -0.145. The van der Waals surface area contributed by atoms with Crippen molar-refractivity contribution in [3.8, 4) is 0 Å². The average Bonchev–Trinajstić information content (AvgIpc) is 3.07. The normalized spacial score (nSPS) is 27.1. The summed E-state index contributed by atoms with van der Waals surface area (Å²) in [4.78, 5) is 36.1. The number of carbonyl (C=O) groups is 2. The molecule has 0 radical (unpaired) electrons. The molecule has 0 bridgehead atoms. The molecule has 1 N–H and O–H groups in total. The van der Waals surface area contributed by atoms with E-state index >= 15 is 0 Å². The van der Waals surface area contributed by atoms with Gasteiger partial charge in [-0.3, -0.25) is 9.59 Å². The zero-order valence-corrected chi connectivity index (χ0v) is 18.2. The van der Waals surface area contributed by atoms with Crippen molar-refractivity contribution in [2.45, 2.75) is 69.8 Å². The summed E-state index contributed by atoms with van der Waals surface area (Å²) in [5.74, 6) is -1.93. The quantitative estimate of drug-likeness (QED) is 0.735. The number of aromatic nitrogens is 2. The molecule has 0 aromatic carbocycles. The molecule has 1 saturated carbocycles. The molecule has 1 aromatic heterocycles. The van der Waals surface area contributed by atoms with E-state index in [9.17, 15) is 22.8 Å². The summed E-state index contributed by atoms with van der Waals surface area (Å²) in [5.41, 5.74) is -0.399. The lowest BCUT2D eigenvalue weighted by Crippen LogP contribution is -2.50. The Hall–Kier alpha value is -2.23. The van der Waals surface area contributed by atoms with Gasteiger partial charge in [-0.15, -0.1) is 0 Å². The Morgan fingerprint density at radius 3 is 2.68 bits per heavy atom. The van der Waals surface area contributed by atoms with Crippen molar-refractivity contribution in [3.05, 3.63) is 23.8 Å². The van der Waals surface area contributed by atoms with Crippen molar-refractivity contribution in [1.29, 1.82) is 0 Å². The first-order valence-corrected chi connectivity index (χ1v) is 10.8. The molecule has 1 saturated heterocycles. The number of likely N-dealkylation sites (tertiary alicyclic amines) is 1. The summed E-state index contributed by atoms with van der Waals surface area (Å²) in [6.07, 6.45) is 1.64. The maximum absolute atomic E-state index is 13.1. The van der Waals surface area contributed by atoms with Gasteiger partial charge in [0.1, 0.15) is 11.7 Å². The summed E-state index contributed by atoms with van der Waals surface area (Å²) in [6, 6.07) is 1.01. The summed E-state index contributed by atoms with van der Waals surface area (Å²) >= 11 is 0. The van der Waals surface area contributed by atoms with Crippen molar-refractivity contribution < 1.29 is 22.8 Å². The average molecular weight is 441 g/mol. The fraction of sp³-hybridized carbons (Fsp3) is 0.714. The predicted octanol–water partition coefficient (Wildman–Crippen LogP) is 2.73. The Morgan fingerprint density at radius 2 is 2.03 bits per heavy atom. The van der Waals surface area contributed by atoms with Crippen molar-refractivity contribution in [2.75, 3.05) is 20.6 Å². The van der Waals surface area contributed by atoms with Crippen molar-refractivity contribution in [2.24, 2.45) is 5.92 Å². The molecule has 10 heteroatoms. The third kappa shape index (κ3) is 5.34. The van der Waals surface area contributed by atoms with Gasteiger partial charge in [-0.2, -0.15) is 13.2 Å². The zero-order chi connectivity index (χ0) is 22.8. The van der Waals surface area contributed by atoms with Crippen LogP contribution in [0.2, 0.25) is 0 Å². The number of alkyl halides is 3. The first-order chi connectivity index (χ1) is 14.6. The second kappa shape index (κ2) is 9.50. The standard InChI is InChI=1S/C21H30F3N5O2/c1-4-5-13-12-14(28(2)3)6-7-17(13)29-11-9-16(19(29)31)26-18(30)15-8-10-25-20(27-15)21(22,23)24/h8,10,13-14,16-17H,4-7,9,11-12H2,1-3H3,(H,26,30)/t13-,14-,16+,17+/m1/s1. The number of amides is 2. The van der Waals surface area contributed by atoms with Gasteiger partial charge in [-0.1, -0.05) is 13.3 Å². The predicted molar refractivity (Wildman–Crippen MR) is 108 cm³/mol. The van der Waals surface area contributed by atoms with E-state index < -0.39 is 29.6 Å². The molecular weight excluding hydrogens is 411 g/mol. The molecule has 0 unspecified atom stereocenters. The first-order valence-electron chi connectivity index (χ1n) is 10.8. The van der Waals surface area contributed by atoms with Crippen LogP contribution in [0.1, 0.15) is 61.8 Å². The molecule has 4 atom stereocenters. The highest BCUT2D eigenvalue weighted by Crippen LogP contribution is 2.35. The van der Waals surface area contributed by atoms with Crippen LogP contribution >= 0.6 is 0 Å². The third-order valence-electron chi connectivity index (χ3n) is 6.39. The highest BCUT2D eigenvalue weighted by atomic mass is 19.4. The van der Waals surface area contributed by atoms with E-state index in [1.54, 1.807) is 0 Å². The minimum atomic E-state index is -4.74. The number of rotatable bonds is 6. The van der Waals surface area contributed by atoms with Gasteiger partial charge in [0.25, 0.3) is 5.91 Å². The van der Waals surface area contributed by atoms with E-state index in [1.165, 1.54) is 0 Å². The van der Waals surface area contributed by atoms with Crippen LogP contribution < -0.4 is 5.32 Å². The molecule has 1 aromatic rings. The van der Waals surface area contributed by atoms with Crippen LogP contribution in [-0.2, 0) is 11.0 Å². The summed E-state index contributed by atoms with van der Waals surface area (Å²) in [6.45, 7) is 2.68. The highest BCUT2D eigenvalue weighted by Gasteiger charge is 2.42. The van der Waals surface area contributed by atoms with E-state index in [2.05, 4.69) is 41.2 Å². The number of carbonyl (C=O) groups excluding carboxylic acids is 2. The van der Waals surface area contributed by atoms with E-state index in [0.29, 0.717) is 24.9 Å². The zero-order valence-electron chi connectivity index (χ0n) is 18.2. The van der Waals surface area contributed by atoms with E-state index in [-0.39, 0.29) is 11.9 Å². The van der Waals surface area contributed by atoms with Crippen LogP contribution in [0.25, 0.3) is 0 Å². The monoisotopic (exact) mass is 441 g/mol. The van der Waals surface area contributed by atoms with E-state index in [4.69, 9.17) is 0 Å². The number of nitrogens with zero attached hydrogens (tertiary/aromatic N) is 4. The molecule has 1 aliphatic carbocycles. The lowest BCUT2D eigenvalue weighted by Gasteiger charge is -2.43. The Bertz CT molecular complexity index is 801. The van der Waals surface area contributed by atoms with E-state index in [0.717, 1.165) is 44.4 Å². The SMILES string of the molecule is CCC[C@@H]1C[C@H](N(C)C)CC[C@@H]1N1CC[C@H](NC(=O)c2ccnc(C(F)(F)F)n2)C1=O. The number of hydrogen-bond donors (Lipinski definition) is 1. The molecule has 2 fully saturated rings. The summed E-state index contributed by atoms with van der Waals surface area (Å²) < 4.78 is 38.4. The first kappa shape index (κ1) is 23.4. The van der Waals surface area contributed by atoms with Crippen LogP contribution in [0.4, 0.5) is 13.2 Å². The molecule has 1 aliphatic heterocycles. The minimum absolute atomic E-state index is 0.140. The smallest absolute Gasteiger partial charge is 0.339 e. The van der Waals surface area contributed by atoms with Gasteiger partial charge < -0.3 is 15.1 Å². The Labute approximate surface area is 180 Å². The molecule has 31 heavy (non-hydrogen) atoms. The largest absolute Gasteiger partial charge is 0.451 e. The van der Waals surface area contributed by atoms with Gasteiger partial charge in [-0.05, 0) is 58.2 Å². The van der Waals surface area contributed by atoms with Crippen LogP contribution in [-0.4, -0.2) is 70.3 Å². The van der Waals surface area contributed by atoms with Gasteiger partial charge in [0.15, 0.2) is 0 Å². The molecule has 2 amide bonds. The molecule has 172 valence electrons. The van der Waals surface area contributed by atoms with Crippen LogP contribution in [0.3, 0.4) is 0 Å². The van der Waals surface area contributed by atoms with Gasteiger partial charge in [0.05, 0.1) is 0 Å². The Balaban J connectivity index is 1.66. The summed E-state index contributed by atoms with van der Waals surface area (Å²) in [7, 11) is 4.16. The number of nitrogens with one attached hydrogen (secondary N) is 1. The summed E-state index contributed by atoms with van der Waals surface area (Å²) in [5, 5.41) is 2.57. The van der Waals surface area contributed by atoms with Crippen molar-refractivity contribution in [3.63, 3.8) is 0 Å². The van der Waals surface area contributed by atoms with Crippen molar-refractivity contribution >= 4 is 11.8 Å². The van der Waals surface area contributed by atoms with Crippen LogP contribution in [0.15, 0.2) is 12.3 Å². The topological polar surface area (TPSA) is 78.4 Å². The van der Waals surface area contributed by atoms with Gasteiger partial charge in [0.2, 0.25) is 11.7 Å². The molecular formula is C21H30F3N5O2. The maximum atomic E-state index is 13.1. The number of hydrogen-bond acceptors (Lipinski definition) is 5. The Morgan fingerprint density at radius 1 is 1.29 bits per heavy atom. The molecule has 2 heterocycles. The second-order valence-corrected chi connectivity index (χ2v) is 8.66. The lowest BCUT2D eigenvalue weighted by atomic mass is 9.78. The maximum Gasteiger partial charge on any atom is 0.451 e. The molecule has 7 nitrogen and oxygen atoms in total. The fourth-order valence-corrected chi connectivity index (χ4v) is 4.80. The molecule has 0 spiro atoms. The van der Waals surface area contributed by atoms with Gasteiger partial charge >= 0.3 is 6.18 Å².